The highest BCUT2D eigenvalue weighted by Crippen LogP contribution is 2.19. The number of aromatic nitrogens is 1. The van der Waals surface area contributed by atoms with Crippen molar-refractivity contribution in [1.29, 1.82) is 0 Å². The van der Waals surface area contributed by atoms with Gasteiger partial charge >= 0.3 is 0 Å². The van der Waals surface area contributed by atoms with E-state index in [1.54, 1.807) is 0 Å². The third-order valence-corrected chi connectivity index (χ3v) is 4.27. The molecule has 0 atom stereocenters. The smallest absolute Gasteiger partial charge is 0.0361 e. The zero-order chi connectivity index (χ0) is 13.7. The summed E-state index contributed by atoms with van der Waals surface area (Å²) in [5, 5.41) is 3.76. The van der Waals surface area contributed by atoms with Gasteiger partial charge in [-0.05, 0) is 44.2 Å². The minimum atomic E-state index is 0.736. The number of hydrogen-bond acceptors (Lipinski definition) is 1. The van der Waals surface area contributed by atoms with Gasteiger partial charge in [0.05, 0.1) is 0 Å². The Kier molecular flexibility index (Phi) is 5.50. The molecule has 1 saturated carbocycles. The monoisotopic (exact) mass is 262 g/mol. The Labute approximate surface area is 118 Å². The second-order valence-electron chi connectivity index (χ2n) is 6.37. The lowest BCUT2D eigenvalue weighted by Crippen LogP contribution is -2.31. The van der Waals surface area contributed by atoms with E-state index in [1.807, 2.05) is 0 Å². The molecule has 0 aromatic carbocycles. The van der Waals surface area contributed by atoms with Gasteiger partial charge in [-0.3, -0.25) is 0 Å². The molecule has 0 unspecified atom stereocenters. The van der Waals surface area contributed by atoms with Crippen LogP contribution in [-0.4, -0.2) is 10.6 Å². The van der Waals surface area contributed by atoms with Crippen LogP contribution in [0.15, 0.2) is 12.1 Å². The van der Waals surface area contributed by atoms with Crippen molar-refractivity contribution >= 4 is 0 Å². The van der Waals surface area contributed by atoms with Gasteiger partial charge < -0.3 is 9.88 Å². The summed E-state index contributed by atoms with van der Waals surface area (Å²) in [6.07, 6.45) is 8.17. The second-order valence-corrected chi connectivity index (χ2v) is 6.37. The van der Waals surface area contributed by atoms with Crippen LogP contribution in [0.2, 0.25) is 0 Å². The standard InChI is InChI=1S/C17H30N2/c1-4-19-16(12-14(2)3)10-11-17(19)13-18-15-8-6-5-7-9-15/h10-11,14-15,18H,4-9,12-13H2,1-3H3. The van der Waals surface area contributed by atoms with Crippen LogP contribution >= 0.6 is 0 Å². The molecule has 0 saturated heterocycles. The summed E-state index contributed by atoms with van der Waals surface area (Å²) in [5.41, 5.74) is 2.96. The number of nitrogens with one attached hydrogen (secondary N) is 1. The van der Waals surface area contributed by atoms with Gasteiger partial charge in [0.15, 0.2) is 0 Å². The van der Waals surface area contributed by atoms with Crippen molar-refractivity contribution in [2.75, 3.05) is 0 Å². The van der Waals surface area contributed by atoms with Crippen molar-refractivity contribution in [3.63, 3.8) is 0 Å². The Bertz CT molecular complexity index is 373. The molecule has 19 heavy (non-hydrogen) atoms. The van der Waals surface area contributed by atoms with E-state index in [2.05, 4.69) is 42.8 Å². The van der Waals surface area contributed by atoms with Gasteiger partial charge in [-0.2, -0.15) is 0 Å². The molecule has 1 aliphatic carbocycles. The van der Waals surface area contributed by atoms with Crippen LogP contribution in [0.3, 0.4) is 0 Å². The minimum Gasteiger partial charge on any atom is -0.348 e. The summed E-state index contributed by atoms with van der Waals surface area (Å²) in [6.45, 7) is 8.99. The van der Waals surface area contributed by atoms with E-state index in [4.69, 9.17) is 0 Å². The number of hydrogen-bond donors (Lipinski definition) is 1. The van der Waals surface area contributed by atoms with E-state index in [9.17, 15) is 0 Å². The first kappa shape index (κ1) is 14.6. The molecule has 108 valence electrons. The molecule has 1 aromatic rings. The fourth-order valence-corrected chi connectivity index (χ4v) is 3.27. The van der Waals surface area contributed by atoms with Gasteiger partial charge in [-0.25, -0.2) is 0 Å². The normalized spacial score (nSPS) is 17.3. The first-order chi connectivity index (χ1) is 9.20. The lowest BCUT2D eigenvalue weighted by molar-refractivity contribution is 0.368. The Morgan fingerprint density at radius 3 is 2.47 bits per heavy atom. The SMILES string of the molecule is CCn1c(CNC2CCCCC2)ccc1CC(C)C. The maximum atomic E-state index is 3.76. The van der Waals surface area contributed by atoms with Crippen LogP contribution in [0.25, 0.3) is 0 Å². The molecule has 0 amide bonds. The number of nitrogens with zero attached hydrogens (tertiary/aromatic N) is 1. The maximum absolute atomic E-state index is 3.76. The number of rotatable bonds is 6. The van der Waals surface area contributed by atoms with Crippen LogP contribution in [0, 0.1) is 5.92 Å². The van der Waals surface area contributed by atoms with Gasteiger partial charge in [-0.1, -0.05) is 33.1 Å². The van der Waals surface area contributed by atoms with Crippen LogP contribution in [-0.2, 0) is 19.5 Å². The van der Waals surface area contributed by atoms with Crippen molar-refractivity contribution < 1.29 is 0 Å². The molecular formula is C17H30N2. The molecule has 1 heterocycles. The topological polar surface area (TPSA) is 17.0 Å². The molecule has 1 aromatic heterocycles. The lowest BCUT2D eigenvalue weighted by Gasteiger charge is -2.23. The maximum Gasteiger partial charge on any atom is 0.0361 e. The van der Waals surface area contributed by atoms with Crippen molar-refractivity contribution in [3.05, 3.63) is 23.5 Å². The third kappa shape index (κ3) is 4.10. The summed E-state index contributed by atoms with van der Waals surface area (Å²) in [5.74, 6) is 0.736. The Balaban J connectivity index is 1.93. The molecule has 2 rings (SSSR count). The van der Waals surface area contributed by atoms with Crippen molar-refractivity contribution in [1.82, 2.24) is 9.88 Å². The first-order valence-corrected chi connectivity index (χ1v) is 8.11. The third-order valence-electron chi connectivity index (χ3n) is 4.27. The molecule has 2 heteroatoms. The van der Waals surface area contributed by atoms with Gasteiger partial charge in [0.25, 0.3) is 0 Å². The Morgan fingerprint density at radius 1 is 1.16 bits per heavy atom. The molecule has 0 aliphatic heterocycles. The molecule has 0 spiro atoms. The fraction of sp³-hybridized carbons (Fsp3) is 0.765. The Morgan fingerprint density at radius 2 is 1.84 bits per heavy atom. The van der Waals surface area contributed by atoms with E-state index in [1.165, 1.54) is 49.9 Å². The van der Waals surface area contributed by atoms with Crippen molar-refractivity contribution in [2.24, 2.45) is 5.92 Å². The van der Waals surface area contributed by atoms with Crippen LogP contribution in [0.4, 0.5) is 0 Å². The highest BCUT2D eigenvalue weighted by molar-refractivity contribution is 5.17. The molecule has 2 nitrogen and oxygen atoms in total. The fourth-order valence-electron chi connectivity index (χ4n) is 3.27. The summed E-state index contributed by atoms with van der Waals surface area (Å²) < 4.78 is 2.50. The molecule has 1 aliphatic rings. The molecular weight excluding hydrogens is 232 g/mol. The first-order valence-electron chi connectivity index (χ1n) is 8.11. The zero-order valence-corrected chi connectivity index (χ0v) is 12.9. The molecule has 0 bridgehead atoms. The summed E-state index contributed by atoms with van der Waals surface area (Å²) in [4.78, 5) is 0. The molecule has 1 fully saturated rings. The van der Waals surface area contributed by atoms with E-state index in [0.29, 0.717) is 0 Å². The van der Waals surface area contributed by atoms with Crippen LogP contribution in [0.1, 0.15) is 64.3 Å². The van der Waals surface area contributed by atoms with Gasteiger partial charge in [0, 0.05) is 30.5 Å². The highest BCUT2D eigenvalue weighted by atomic mass is 15.0. The van der Waals surface area contributed by atoms with Crippen molar-refractivity contribution in [2.45, 2.75) is 78.4 Å². The highest BCUT2D eigenvalue weighted by Gasteiger charge is 2.14. The van der Waals surface area contributed by atoms with Gasteiger partial charge in [-0.15, -0.1) is 0 Å². The predicted octanol–water partition coefficient (Wildman–Crippen LogP) is 4.13. The average Bonchev–Trinajstić information content (AvgIpc) is 2.78. The zero-order valence-electron chi connectivity index (χ0n) is 12.9. The molecule has 1 N–H and O–H groups in total. The van der Waals surface area contributed by atoms with Crippen molar-refractivity contribution in [3.8, 4) is 0 Å². The summed E-state index contributed by atoms with van der Waals surface area (Å²) >= 11 is 0. The van der Waals surface area contributed by atoms with E-state index in [0.717, 1.165) is 25.0 Å². The van der Waals surface area contributed by atoms with E-state index < -0.39 is 0 Å². The largest absolute Gasteiger partial charge is 0.348 e. The summed E-state index contributed by atoms with van der Waals surface area (Å²) in [7, 11) is 0. The predicted molar refractivity (Wildman–Crippen MR) is 82.4 cm³/mol. The van der Waals surface area contributed by atoms with E-state index >= 15 is 0 Å². The molecule has 0 radical (unpaired) electrons. The van der Waals surface area contributed by atoms with Gasteiger partial charge in [0.2, 0.25) is 0 Å². The average molecular weight is 262 g/mol. The van der Waals surface area contributed by atoms with Gasteiger partial charge in [0.1, 0.15) is 0 Å². The van der Waals surface area contributed by atoms with Crippen LogP contribution in [0.5, 0.6) is 0 Å². The second kappa shape index (κ2) is 7.14. The quantitative estimate of drug-likeness (QED) is 0.815. The lowest BCUT2D eigenvalue weighted by atomic mass is 9.95. The van der Waals surface area contributed by atoms with Crippen LogP contribution < -0.4 is 5.32 Å². The summed E-state index contributed by atoms with van der Waals surface area (Å²) in [6, 6.07) is 5.39. The Hall–Kier alpha value is -0.760. The van der Waals surface area contributed by atoms with E-state index in [-0.39, 0.29) is 0 Å². The minimum absolute atomic E-state index is 0.736.